The number of aromatic hydroxyl groups is 1. The Morgan fingerprint density at radius 1 is 0.960 bits per heavy atom. The van der Waals surface area contributed by atoms with Crippen LogP contribution in [-0.4, -0.2) is 33.1 Å². The lowest BCUT2D eigenvalue weighted by Crippen LogP contribution is -2.05. The summed E-state index contributed by atoms with van der Waals surface area (Å²) in [6, 6.07) is 13.0. The third-order valence-corrected chi connectivity index (χ3v) is 4.88. The van der Waals surface area contributed by atoms with Crippen LogP contribution in [0.5, 0.6) is 5.75 Å². The molecule has 4 rings (SSSR count). The highest BCUT2D eigenvalue weighted by molar-refractivity contribution is 7.86. The van der Waals surface area contributed by atoms with Crippen LogP contribution in [0.1, 0.15) is 5.56 Å². The molecule has 0 aliphatic heterocycles. The first-order valence-electron chi connectivity index (χ1n) is 7.41. The van der Waals surface area contributed by atoms with Gasteiger partial charge in [0.15, 0.2) is 5.75 Å². The second kappa shape index (κ2) is 5.27. The van der Waals surface area contributed by atoms with Crippen molar-refractivity contribution in [3.05, 3.63) is 54.1 Å². The van der Waals surface area contributed by atoms with Gasteiger partial charge in [-0.1, -0.05) is 30.3 Å². The maximum absolute atomic E-state index is 11.8. The largest absolute Gasteiger partial charge is 0.505 e. The molecular formula is C17H13N3O4S. The van der Waals surface area contributed by atoms with Crippen molar-refractivity contribution in [3.63, 3.8) is 0 Å². The first-order valence-corrected chi connectivity index (χ1v) is 8.85. The van der Waals surface area contributed by atoms with Gasteiger partial charge in [0.25, 0.3) is 10.1 Å². The average Bonchev–Trinajstić information content (AvgIpc) is 2.97. The monoisotopic (exact) mass is 355 g/mol. The topological polar surface area (TPSA) is 105 Å². The molecule has 7 nitrogen and oxygen atoms in total. The second-order valence-corrected chi connectivity index (χ2v) is 7.13. The van der Waals surface area contributed by atoms with Crippen molar-refractivity contribution < 1.29 is 18.1 Å². The predicted octanol–water partition coefficient (Wildman–Crippen LogP) is 2.83. The van der Waals surface area contributed by atoms with Crippen LogP contribution in [0, 0.1) is 6.92 Å². The number of phenolic OH excluding ortho intramolecular Hbond substituents is 1. The van der Waals surface area contributed by atoms with E-state index < -0.39 is 10.1 Å². The van der Waals surface area contributed by atoms with Crippen molar-refractivity contribution in [2.24, 2.45) is 0 Å². The normalized spacial score (nSPS) is 12.1. The standard InChI is InChI=1S/C17H13N3O4S/c1-10-6-7-13-14(8-10)19-20(18-13)15-9-16(25(22,23)24)11-4-2-3-5-12(11)17(15)21/h2-9,21H,1H3,(H,22,23,24). The molecule has 8 heteroatoms. The molecule has 2 N–H and O–H groups in total. The summed E-state index contributed by atoms with van der Waals surface area (Å²) in [4.78, 5) is 0.856. The number of benzene rings is 3. The lowest BCUT2D eigenvalue weighted by Gasteiger charge is -2.10. The summed E-state index contributed by atoms with van der Waals surface area (Å²) in [7, 11) is -4.49. The lowest BCUT2D eigenvalue weighted by molar-refractivity contribution is 0.472. The summed E-state index contributed by atoms with van der Waals surface area (Å²) in [5.41, 5.74) is 2.29. The summed E-state index contributed by atoms with van der Waals surface area (Å²) in [6.45, 7) is 1.92. The van der Waals surface area contributed by atoms with E-state index in [0.29, 0.717) is 11.0 Å². The minimum Gasteiger partial charge on any atom is -0.505 e. The molecule has 1 heterocycles. The van der Waals surface area contributed by atoms with Crippen LogP contribution in [0.25, 0.3) is 27.5 Å². The maximum atomic E-state index is 11.8. The molecule has 0 aliphatic rings. The van der Waals surface area contributed by atoms with Crippen LogP contribution in [-0.2, 0) is 10.1 Å². The van der Waals surface area contributed by atoms with E-state index in [4.69, 9.17) is 0 Å². The number of aromatic nitrogens is 3. The van der Waals surface area contributed by atoms with E-state index >= 15 is 0 Å². The van der Waals surface area contributed by atoms with E-state index in [9.17, 15) is 18.1 Å². The molecule has 0 amide bonds. The van der Waals surface area contributed by atoms with Gasteiger partial charge in [-0.25, -0.2) is 0 Å². The molecule has 0 spiro atoms. The number of fused-ring (bicyclic) bond motifs is 2. The summed E-state index contributed by atoms with van der Waals surface area (Å²) in [5, 5.41) is 19.7. The Morgan fingerprint density at radius 2 is 1.64 bits per heavy atom. The Kier molecular flexibility index (Phi) is 3.28. The van der Waals surface area contributed by atoms with Crippen molar-refractivity contribution in [1.82, 2.24) is 15.0 Å². The highest BCUT2D eigenvalue weighted by atomic mass is 32.2. The predicted molar refractivity (Wildman–Crippen MR) is 92.6 cm³/mol. The molecule has 25 heavy (non-hydrogen) atoms. The van der Waals surface area contributed by atoms with Crippen LogP contribution in [0.4, 0.5) is 0 Å². The molecule has 0 bridgehead atoms. The first-order chi connectivity index (χ1) is 11.8. The van der Waals surface area contributed by atoms with Crippen LogP contribution in [0.3, 0.4) is 0 Å². The van der Waals surface area contributed by atoms with Crippen molar-refractivity contribution in [1.29, 1.82) is 0 Å². The fraction of sp³-hybridized carbons (Fsp3) is 0.0588. The van der Waals surface area contributed by atoms with Gasteiger partial charge in [-0.05, 0) is 30.7 Å². The van der Waals surface area contributed by atoms with Crippen molar-refractivity contribution in [2.45, 2.75) is 11.8 Å². The Bertz CT molecular complexity index is 1250. The van der Waals surface area contributed by atoms with Crippen molar-refractivity contribution in [2.75, 3.05) is 0 Å². The molecule has 1 aromatic heterocycles. The van der Waals surface area contributed by atoms with Gasteiger partial charge in [-0.2, -0.15) is 8.42 Å². The Hall–Kier alpha value is -2.97. The van der Waals surface area contributed by atoms with Gasteiger partial charge < -0.3 is 5.11 Å². The number of rotatable bonds is 2. The molecular weight excluding hydrogens is 342 g/mol. The Labute approximate surface area is 142 Å². The zero-order valence-corrected chi connectivity index (χ0v) is 13.9. The maximum Gasteiger partial charge on any atom is 0.295 e. The Morgan fingerprint density at radius 3 is 2.36 bits per heavy atom. The summed E-state index contributed by atoms with van der Waals surface area (Å²) in [5.74, 6) is -0.167. The lowest BCUT2D eigenvalue weighted by atomic mass is 10.1. The van der Waals surface area contributed by atoms with Crippen LogP contribution in [0.15, 0.2) is 53.4 Å². The second-order valence-electron chi connectivity index (χ2n) is 5.74. The van der Waals surface area contributed by atoms with E-state index in [2.05, 4.69) is 10.2 Å². The van der Waals surface area contributed by atoms with Gasteiger partial charge in [0, 0.05) is 10.8 Å². The fourth-order valence-corrected chi connectivity index (χ4v) is 3.53. The van der Waals surface area contributed by atoms with Gasteiger partial charge in [0.2, 0.25) is 0 Å². The minimum absolute atomic E-state index is 0.0696. The fourth-order valence-electron chi connectivity index (χ4n) is 2.81. The number of nitrogens with zero attached hydrogens (tertiary/aromatic N) is 3. The number of hydrogen-bond donors (Lipinski definition) is 2. The van der Waals surface area contributed by atoms with Gasteiger partial charge in [-0.15, -0.1) is 15.0 Å². The summed E-state index contributed by atoms with van der Waals surface area (Å²) in [6.07, 6.45) is 0. The number of hydrogen-bond acceptors (Lipinski definition) is 5. The molecule has 0 radical (unpaired) electrons. The molecule has 0 saturated heterocycles. The quantitative estimate of drug-likeness (QED) is 0.536. The highest BCUT2D eigenvalue weighted by Gasteiger charge is 2.21. The smallest absolute Gasteiger partial charge is 0.295 e. The first kappa shape index (κ1) is 15.6. The summed E-state index contributed by atoms with van der Waals surface area (Å²) >= 11 is 0. The molecule has 0 aliphatic carbocycles. The third kappa shape index (κ3) is 2.51. The molecule has 0 atom stereocenters. The van der Waals surface area contributed by atoms with E-state index in [1.807, 2.05) is 19.1 Å². The van der Waals surface area contributed by atoms with Crippen molar-refractivity contribution >= 4 is 31.9 Å². The zero-order valence-electron chi connectivity index (χ0n) is 13.1. The number of aryl methyl sites for hydroxylation is 1. The SMILES string of the molecule is Cc1ccc2nn(-c3cc(S(=O)(=O)O)c4ccccc4c3O)nc2c1. The minimum atomic E-state index is -4.49. The van der Waals surface area contributed by atoms with Crippen LogP contribution < -0.4 is 0 Å². The van der Waals surface area contributed by atoms with E-state index in [-0.39, 0.29) is 27.1 Å². The zero-order chi connectivity index (χ0) is 17.8. The molecule has 126 valence electrons. The van der Waals surface area contributed by atoms with Crippen molar-refractivity contribution in [3.8, 4) is 11.4 Å². The molecule has 0 saturated carbocycles. The highest BCUT2D eigenvalue weighted by Crippen LogP contribution is 2.35. The van der Waals surface area contributed by atoms with Crippen LogP contribution in [0.2, 0.25) is 0 Å². The van der Waals surface area contributed by atoms with E-state index in [0.717, 1.165) is 5.56 Å². The van der Waals surface area contributed by atoms with E-state index in [1.54, 1.807) is 24.3 Å². The molecule has 3 aromatic carbocycles. The average molecular weight is 355 g/mol. The molecule has 4 aromatic rings. The third-order valence-electron chi connectivity index (χ3n) is 3.99. The van der Waals surface area contributed by atoms with E-state index in [1.165, 1.54) is 16.9 Å². The van der Waals surface area contributed by atoms with Gasteiger partial charge >= 0.3 is 0 Å². The van der Waals surface area contributed by atoms with Gasteiger partial charge in [0.05, 0.1) is 0 Å². The molecule has 0 unspecified atom stereocenters. The number of phenols is 1. The van der Waals surface area contributed by atoms with Gasteiger partial charge in [0.1, 0.15) is 21.6 Å². The van der Waals surface area contributed by atoms with Crippen LogP contribution >= 0.6 is 0 Å². The Balaban J connectivity index is 2.08. The van der Waals surface area contributed by atoms with Gasteiger partial charge in [-0.3, -0.25) is 4.55 Å². The summed E-state index contributed by atoms with van der Waals surface area (Å²) < 4.78 is 33.1. The molecule has 0 fully saturated rings.